The second-order valence-corrected chi connectivity index (χ2v) is 8.20. The number of furan rings is 1. The van der Waals surface area contributed by atoms with Crippen LogP contribution in [0.5, 0.6) is 11.5 Å². The Balaban J connectivity index is 0.00000108. The van der Waals surface area contributed by atoms with Crippen LogP contribution in [-0.2, 0) is 6.42 Å². The summed E-state index contributed by atoms with van der Waals surface area (Å²) >= 11 is 1.49. The molecule has 4 aromatic rings. The summed E-state index contributed by atoms with van der Waals surface area (Å²) in [5.41, 5.74) is 1.72. The Bertz CT molecular complexity index is 1190. The van der Waals surface area contributed by atoms with Crippen molar-refractivity contribution in [3.63, 3.8) is 0 Å². The van der Waals surface area contributed by atoms with Gasteiger partial charge < -0.3 is 19.0 Å². The molecule has 0 aliphatic rings. The normalized spacial score (nSPS) is 10.5. The van der Waals surface area contributed by atoms with Gasteiger partial charge in [0.25, 0.3) is 0 Å². The lowest BCUT2D eigenvalue weighted by Crippen LogP contribution is -2.07. The second-order valence-electron chi connectivity index (χ2n) is 7.30. The molecule has 0 radical (unpaired) electrons. The molecular formula is C24H30N6O4S. The lowest BCUT2D eigenvalue weighted by atomic mass is 10.2. The number of para-hydroxylation sites is 1. The summed E-state index contributed by atoms with van der Waals surface area (Å²) in [6.45, 7) is 5.78. The van der Waals surface area contributed by atoms with Crippen LogP contribution in [0.4, 0.5) is 5.95 Å². The smallest absolute Gasteiger partial charge is 0.239 e. The van der Waals surface area contributed by atoms with Crippen molar-refractivity contribution in [3.8, 4) is 28.8 Å². The number of aromatic nitrogens is 5. The fraction of sp³-hybridized carbons (Fsp3) is 0.333. The molecule has 0 spiro atoms. The molecule has 11 heteroatoms. The van der Waals surface area contributed by atoms with Gasteiger partial charge in [0, 0.05) is 31.2 Å². The Morgan fingerprint density at radius 3 is 2.26 bits per heavy atom. The number of aryl methyl sites for hydroxylation is 3. The molecule has 4 rings (SSSR count). The molecule has 0 amide bonds. The lowest BCUT2D eigenvalue weighted by Gasteiger charge is -2.16. The van der Waals surface area contributed by atoms with Crippen molar-refractivity contribution in [1.82, 2.24) is 24.7 Å². The first-order chi connectivity index (χ1) is 17.0. The Labute approximate surface area is 208 Å². The monoisotopic (exact) mass is 498 g/mol. The number of hydrogen-bond donors (Lipinski definition) is 2. The Hall–Kier alpha value is -3.57. The van der Waals surface area contributed by atoms with E-state index in [0.29, 0.717) is 41.1 Å². The summed E-state index contributed by atoms with van der Waals surface area (Å²) < 4.78 is 22.2. The molecule has 0 fully saturated rings. The topological polar surface area (TPSA) is 120 Å². The van der Waals surface area contributed by atoms with Crippen LogP contribution < -0.4 is 14.2 Å². The molecule has 1 aromatic carbocycles. The van der Waals surface area contributed by atoms with Crippen molar-refractivity contribution < 1.29 is 19.0 Å². The van der Waals surface area contributed by atoms with Gasteiger partial charge in [0.1, 0.15) is 28.8 Å². The van der Waals surface area contributed by atoms with Crippen LogP contribution in [0.2, 0.25) is 0 Å². The average molecular weight is 499 g/mol. The summed E-state index contributed by atoms with van der Waals surface area (Å²) in [7, 11) is 3.23. The third kappa shape index (κ3) is 6.52. The standard InChI is InChI=1S/C22H24N6O3S.C2H6O/c1-14-12-23-19(24-13-14)10-11-32-27-22-26-25-21(18-9-8-15(2)31-18)28(22)20-16(29-3)6-5-7-17(20)30-4;1-2-3/h5-9,12-13H,10-11H2,1-4H3,(H,26,27);3H,2H2,1H3. The first kappa shape index (κ1) is 26.0. The number of methoxy groups -OCH3 is 2. The van der Waals surface area contributed by atoms with Gasteiger partial charge in [-0.05, 0) is 62.5 Å². The van der Waals surface area contributed by atoms with E-state index >= 15 is 0 Å². The van der Waals surface area contributed by atoms with Crippen molar-refractivity contribution in [2.24, 2.45) is 0 Å². The van der Waals surface area contributed by atoms with E-state index in [1.54, 1.807) is 21.1 Å². The first-order valence-electron chi connectivity index (χ1n) is 11.0. The number of aliphatic hydroxyl groups excluding tert-OH is 1. The van der Waals surface area contributed by atoms with Crippen molar-refractivity contribution in [2.45, 2.75) is 27.2 Å². The minimum Gasteiger partial charge on any atom is -0.494 e. The van der Waals surface area contributed by atoms with Crippen LogP contribution in [0.15, 0.2) is 47.1 Å². The molecule has 10 nitrogen and oxygen atoms in total. The zero-order chi connectivity index (χ0) is 25.2. The Morgan fingerprint density at radius 1 is 1.03 bits per heavy atom. The molecule has 0 aliphatic carbocycles. The fourth-order valence-corrected chi connectivity index (χ4v) is 3.78. The molecule has 35 heavy (non-hydrogen) atoms. The molecule has 0 aliphatic heterocycles. The number of nitrogens with zero attached hydrogens (tertiary/aromatic N) is 5. The van der Waals surface area contributed by atoms with Crippen LogP contribution in [0.25, 0.3) is 17.3 Å². The van der Waals surface area contributed by atoms with Gasteiger partial charge in [-0.3, -0.25) is 9.29 Å². The highest BCUT2D eigenvalue weighted by Gasteiger charge is 2.24. The predicted molar refractivity (Wildman–Crippen MR) is 136 cm³/mol. The maximum atomic E-state index is 7.57. The summed E-state index contributed by atoms with van der Waals surface area (Å²) in [5, 5.41) is 16.3. The largest absolute Gasteiger partial charge is 0.494 e. The number of benzene rings is 1. The number of aliphatic hydroxyl groups is 1. The molecule has 0 saturated heterocycles. The zero-order valence-electron chi connectivity index (χ0n) is 20.5. The maximum Gasteiger partial charge on any atom is 0.239 e. The molecule has 0 atom stereocenters. The van der Waals surface area contributed by atoms with E-state index in [-0.39, 0.29) is 6.61 Å². The molecule has 0 bridgehead atoms. The molecule has 3 aromatic heterocycles. The highest BCUT2D eigenvalue weighted by molar-refractivity contribution is 8.00. The predicted octanol–water partition coefficient (Wildman–Crippen LogP) is 4.25. The molecular weight excluding hydrogens is 468 g/mol. The third-order valence-corrected chi connectivity index (χ3v) is 5.41. The van der Waals surface area contributed by atoms with E-state index in [9.17, 15) is 0 Å². The molecule has 186 valence electrons. The van der Waals surface area contributed by atoms with Gasteiger partial charge in [0.15, 0.2) is 5.76 Å². The fourth-order valence-electron chi connectivity index (χ4n) is 3.13. The molecule has 2 N–H and O–H groups in total. The maximum absolute atomic E-state index is 7.57. The minimum absolute atomic E-state index is 0.250. The number of ether oxygens (including phenoxy) is 2. The molecule has 0 unspecified atom stereocenters. The van der Waals surface area contributed by atoms with Gasteiger partial charge in [0.2, 0.25) is 11.8 Å². The van der Waals surface area contributed by atoms with Crippen LogP contribution in [-0.4, -0.2) is 56.4 Å². The quantitative estimate of drug-likeness (QED) is 0.256. The highest BCUT2D eigenvalue weighted by Crippen LogP contribution is 2.38. The van der Waals surface area contributed by atoms with Gasteiger partial charge in [-0.25, -0.2) is 9.97 Å². The summed E-state index contributed by atoms with van der Waals surface area (Å²) in [6.07, 6.45) is 4.36. The van der Waals surface area contributed by atoms with E-state index in [1.807, 2.05) is 61.1 Å². The summed E-state index contributed by atoms with van der Waals surface area (Å²) in [6, 6.07) is 9.34. The summed E-state index contributed by atoms with van der Waals surface area (Å²) in [4.78, 5) is 8.70. The van der Waals surface area contributed by atoms with E-state index in [1.165, 1.54) is 11.9 Å². The highest BCUT2D eigenvalue weighted by atomic mass is 32.2. The van der Waals surface area contributed by atoms with Crippen LogP contribution in [0, 0.1) is 13.8 Å². The first-order valence-corrected chi connectivity index (χ1v) is 12.0. The van der Waals surface area contributed by atoms with Crippen molar-refractivity contribution in [2.75, 3.05) is 31.3 Å². The van der Waals surface area contributed by atoms with Crippen LogP contribution in [0.1, 0.15) is 24.1 Å². The second kappa shape index (κ2) is 12.8. The molecule has 0 saturated carbocycles. The van der Waals surface area contributed by atoms with Gasteiger partial charge in [0.05, 0.1) is 14.2 Å². The third-order valence-electron chi connectivity index (χ3n) is 4.67. The zero-order valence-corrected chi connectivity index (χ0v) is 21.3. The van der Waals surface area contributed by atoms with Gasteiger partial charge in [-0.2, -0.15) is 0 Å². The van der Waals surface area contributed by atoms with Crippen molar-refractivity contribution in [3.05, 3.63) is 59.9 Å². The van der Waals surface area contributed by atoms with Crippen molar-refractivity contribution >= 4 is 17.9 Å². The summed E-state index contributed by atoms with van der Waals surface area (Å²) in [5.74, 6) is 5.21. The minimum atomic E-state index is 0.250. The average Bonchev–Trinajstić information content (AvgIpc) is 3.48. The van der Waals surface area contributed by atoms with E-state index in [0.717, 1.165) is 22.9 Å². The van der Waals surface area contributed by atoms with Crippen LogP contribution in [0.3, 0.4) is 0 Å². The van der Waals surface area contributed by atoms with E-state index < -0.39 is 0 Å². The number of nitrogens with one attached hydrogen (secondary N) is 1. The number of hydrogen-bond acceptors (Lipinski definition) is 10. The van der Waals surface area contributed by atoms with E-state index in [4.69, 9.17) is 19.0 Å². The Kier molecular flexibility index (Phi) is 9.50. The van der Waals surface area contributed by atoms with Gasteiger partial charge in [-0.1, -0.05) is 6.07 Å². The lowest BCUT2D eigenvalue weighted by molar-refractivity contribution is 0.318. The van der Waals surface area contributed by atoms with Gasteiger partial charge in [-0.15, -0.1) is 10.2 Å². The SMILES string of the molecule is CCO.COc1cccc(OC)c1-n1c(NSCCc2ncc(C)cn2)nnc1-c1ccc(C)o1. The van der Waals surface area contributed by atoms with E-state index in [2.05, 4.69) is 24.9 Å². The number of rotatable bonds is 9. The van der Waals surface area contributed by atoms with Crippen molar-refractivity contribution in [1.29, 1.82) is 0 Å². The Morgan fingerprint density at radius 2 is 1.69 bits per heavy atom. The van der Waals surface area contributed by atoms with Gasteiger partial charge >= 0.3 is 0 Å². The molecule has 3 heterocycles. The number of anilines is 1. The van der Waals surface area contributed by atoms with Crippen LogP contribution >= 0.6 is 11.9 Å².